The summed E-state index contributed by atoms with van der Waals surface area (Å²) in [7, 11) is 3.30. The maximum atomic E-state index is 10.7. The molecule has 3 aromatic rings. The van der Waals surface area contributed by atoms with Gasteiger partial charge in [0.05, 0.1) is 33.0 Å². The molecule has 0 amide bonds. The maximum Gasteiger partial charge on any atom is 0.143 e. The molecule has 0 aliphatic heterocycles. The Labute approximate surface area is 244 Å². The third-order valence-corrected chi connectivity index (χ3v) is 6.69. The van der Waals surface area contributed by atoms with Crippen molar-refractivity contribution in [3.63, 3.8) is 0 Å². The van der Waals surface area contributed by atoms with E-state index in [1.165, 1.54) is 0 Å². The van der Waals surface area contributed by atoms with Crippen molar-refractivity contribution in [2.45, 2.75) is 44.0 Å². The van der Waals surface area contributed by atoms with Gasteiger partial charge < -0.3 is 24.4 Å². The highest BCUT2D eigenvalue weighted by molar-refractivity contribution is 5.49. The van der Waals surface area contributed by atoms with Crippen molar-refractivity contribution < 1.29 is 24.4 Å². The van der Waals surface area contributed by atoms with Crippen LogP contribution in [0.2, 0.25) is 0 Å². The van der Waals surface area contributed by atoms with E-state index in [2.05, 4.69) is 19.1 Å². The van der Waals surface area contributed by atoms with Gasteiger partial charge in [0.2, 0.25) is 0 Å². The fourth-order valence-corrected chi connectivity index (χ4v) is 4.50. The quantitative estimate of drug-likeness (QED) is 0.112. The van der Waals surface area contributed by atoms with Crippen molar-refractivity contribution in [2.75, 3.05) is 20.8 Å². The predicted octanol–water partition coefficient (Wildman–Crippen LogP) is 7.15. The Morgan fingerprint density at radius 2 is 1.17 bits per heavy atom. The van der Waals surface area contributed by atoms with Crippen LogP contribution in [0, 0.1) is 0 Å². The number of ether oxygens (including phenoxy) is 3. The molecule has 0 saturated heterocycles. The van der Waals surface area contributed by atoms with Gasteiger partial charge in [0.1, 0.15) is 17.1 Å². The second kappa shape index (κ2) is 17.0. The lowest BCUT2D eigenvalue weighted by Crippen LogP contribution is -2.34. The molecule has 0 radical (unpaired) electrons. The van der Waals surface area contributed by atoms with Crippen LogP contribution in [-0.2, 0) is 10.3 Å². The molecule has 3 aromatic carbocycles. The topological polar surface area (TPSA) is 68.2 Å². The number of benzene rings is 3. The molecule has 0 bridgehead atoms. The van der Waals surface area contributed by atoms with E-state index in [1.807, 2.05) is 97.1 Å². The molecule has 0 aliphatic rings. The zero-order valence-electron chi connectivity index (χ0n) is 24.2. The van der Waals surface area contributed by atoms with E-state index in [9.17, 15) is 10.2 Å². The molecule has 5 nitrogen and oxygen atoms in total. The van der Waals surface area contributed by atoms with Gasteiger partial charge in [-0.25, -0.2) is 0 Å². The zero-order valence-corrected chi connectivity index (χ0v) is 24.2. The average molecular weight is 555 g/mol. The van der Waals surface area contributed by atoms with Gasteiger partial charge in [0, 0.05) is 6.42 Å². The Morgan fingerprint density at radius 3 is 1.68 bits per heavy atom. The van der Waals surface area contributed by atoms with Crippen LogP contribution in [0.3, 0.4) is 0 Å². The molecule has 2 atom stereocenters. The van der Waals surface area contributed by atoms with E-state index >= 15 is 0 Å². The summed E-state index contributed by atoms with van der Waals surface area (Å²) in [5.41, 5.74) is 1.95. The van der Waals surface area contributed by atoms with Gasteiger partial charge in [-0.15, -0.1) is 0 Å². The van der Waals surface area contributed by atoms with Crippen molar-refractivity contribution in [3.05, 3.63) is 144 Å². The van der Waals surface area contributed by atoms with E-state index in [-0.39, 0.29) is 0 Å². The summed E-state index contributed by atoms with van der Waals surface area (Å²) in [5.74, 6) is 1.52. The van der Waals surface area contributed by atoms with Gasteiger partial charge in [0.25, 0.3) is 0 Å². The molecule has 216 valence electrons. The van der Waals surface area contributed by atoms with E-state index in [1.54, 1.807) is 32.4 Å². The van der Waals surface area contributed by atoms with E-state index in [0.717, 1.165) is 34.6 Å². The first-order valence-corrected chi connectivity index (χ1v) is 14.0. The van der Waals surface area contributed by atoms with E-state index in [4.69, 9.17) is 14.2 Å². The third-order valence-electron chi connectivity index (χ3n) is 6.69. The van der Waals surface area contributed by atoms with Gasteiger partial charge >= 0.3 is 0 Å². The number of hydrogen-bond acceptors (Lipinski definition) is 5. The van der Waals surface area contributed by atoms with E-state index < -0.39 is 17.8 Å². The highest BCUT2D eigenvalue weighted by atomic mass is 16.5. The second-order valence-electron chi connectivity index (χ2n) is 9.55. The minimum Gasteiger partial charge on any atom is -0.497 e. The fourth-order valence-electron chi connectivity index (χ4n) is 4.50. The molecule has 5 heteroatoms. The Kier molecular flexibility index (Phi) is 13.1. The Hall–Kier alpha value is -3.90. The summed E-state index contributed by atoms with van der Waals surface area (Å²) >= 11 is 0. The van der Waals surface area contributed by atoms with Crippen LogP contribution in [0.5, 0.6) is 11.5 Å². The smallest absolute Gasteiger partial charge is 0.143 e. The third kappa shape index (κ3) is 9.32. The van der Waals surface area contributed by atoms with Crippen molar-refractivity contribution >= 4 is 0 Å². The fraction of sp³-hybridized carbons (Fsp3) is 0.278. The predicted molar refractivity (Wildman–Crippen MR) is 166 cm³/mol. The Bertz CT molecular complexity index is 1210. The summed E-state index contributed by atoms with van der Waals surface area (Å²) in [6.45, 7) is 2.37. The van der Waals surface area contributed by atoms with Crippen LogP contribution in [-0.4, -0.2) is 43.2 Å². The number of methoxy groups -OCH3 is 2. The minimum atomic E-state index is -0.916. The van der Waals surface area contributed by atoms with Crippen LogP contribution in [0.4, 0.5) is 0 Å². The lowest BCUT2D eigenvalue weighted by molar-refractivity contribution is -0.000101. The molecular formula is C36H42O5. The Morgan fingerprint density at radius 1 is 0.659 bits per heavy atom. The molecule has 0 spiro atoms. The van der Waals surface area contributed by atoms with Gasteiger partial charge in [-0.3, -0.25) is 0 Å². The van der Waals surface area contributed by atoms with Crippen LogP contribution in [0.25, 0.3) is 0 Å². The van der Waals surface area contributed by atoms with Crippen LogP contribution >= 0.6 is 0 Å². The SMILES string of the molecule is CC/C=C\C[C@H](O)/C=C/C=C/C=C/[C@@H](O)CCOC(c1ccccc1)(c1ccc(OC)cc1)c1ccc(OC)cc1. The average Bonchev–Trinajstić information content (AvgIpc) is 3.02. The Balaban J connectivity index is 1.77. The maximum absolute atomic E-state index is 10.7. The van der Waals surface area contributed by atoms with Gasteiger partial charge in [-0.2, -0.15) is 0 Å². The highest BCUT2D eigenvalue weighted by Gasteiger charge is 2.37. The van der Waals surface area contributed by atoms with E-state index in [0.29, 0.717) is 19.4 Å². The molecule has 0 unspecified atom stereocenters. The first kappa shape index (κ1) is 31.6. The molecule has 41 heavy (non-hydrogen) atoms. The van der Waals surface area contributed by atoms with Crippen molar-refractivity contribution in [1.82, 2.24) is 0 Å². The molecule has 0 saturated carbocycles. The lowest BCUT2D eigenvalue weighted by atomic mass is 9.80. The molecule has 3 rings (SSSR count). The van der Waals surface area contributed by atoms with Gasteiger partial charge in [-0.05, 0) is 53.8 Å². The van der Waals surface area contributed by atoms with Gasteiger partial charge in [-0.1, -0.05) is 110 Å². The zero-order chi connectivity index (χ0) is 29.3. The number of aliphatic hydroxyl groups excluding tert-OH is 2. The molecule has 0 heterocycles. The first-order chi connectivity index (χ1) is 20.0. The highest BCUT2D eigenvalue weighted by Crippen LogP contribution is 2.41. The van der Waals surface area contributed by atoms with Crippen LogP contribution < -0.4 is 9.47 Å². The number of allylic oxidation sites excluding steroid dienone is 5. The summed E-state index contributed by atoms with van der Waals surface area (Å²) < 4.78 is 17.6. The summed E-state index contributed by atoms with van der Waals surface area (Å²) in [6, 6.07) is 25.9. The molecule has 0 aromatic heterocycles. The minimum absolute atomic E-state index is 0.305. The molecule has 2 N–H and O–H groups in total. The molecular weight excluding hydrogens is 512 g/mol. The summed E-state index contributed by atoms with van der Waals surface area (Å²) in [6.07, 6.45) is 15.6. The second-order valence-corrected chi connectivity index (χ2v) is 9.55. The molecule has 0 fully saturated rings. The van der Waals surface area contributed by atoms with Crippen molar-refractivity contribution in [2.24, 2.45) is 0 Å². The lowest BCUT2D eigenvalue weighted by Gasteiger charge is -2.36. The number of hydrogen-bond donors (Lipinski definition) is 2. The normalized spacial score (nSPS) is 13.9. The monoisotopic (exact) mass is 554 g/mol. The van der Waals surface area contributed by atoms with Crippen LogP contribution in [0.15, 0.2) is 127 Å². The first-order valence-electron chi connectivity index (χ1n) is 14.0. The van der Waals surface area contributed by atoms with Crippen molar-refractivity contribution in [3.8, 4) is 11.5 Å². The standard InChI is InChI=1S/C36H42O5/c1-4-5-9-16-32(37)17-12-6-7-13-18-33(38)27-28-41-36(29-14-10-8-11-15-29,30-19-23-34(39-2)24-20-30)31-21-25-35(40-3)26-22-31/h5-15,17-26,32-33,37-38H,4,16,27-28H2,1-3H3/b7-6+,9-5-,17-12+,18-13+/t32-,33+/m0/s1. The number of rotatable bonds is 16. The summed E-state index contributed by atoms with van der Waals surface area (Å²) in [5, 5.41) is 20.6. The molecule has 0 aliphatic carbocycles. The largest absolute Gasteiger partial charge is 0.497 e. The van der Waals surface area contributed by atoms with Crippen molar-refractivity contribution in [1.29, 1.82) is 0 Å². The van der Waals surface area contributed by atoms with Crippen LogP contribution in [0.1, 0.15) is 42.9 Å². The van der Waals surface area contributed by atoms with Gasteiger partial charge in [0.15, 0.2) is 0 Å². The summed E-state index contributed by atoms with van der Waals surface area (Å²) in [4.78, 5) is 0. The number of aliphatic hydroxyl groups is 2.